The van der Waals surface area contributed by atoms with E-state index in [1.807, 2.05) is 107 Å². The molecule has 0 radical (unpaired) electrons. The van der Waals surface area contributed by atoms with Crippen molar-refractivity contribution in [3.63, 3.8) is 0 Å². The molecule has 0 bridgehead atoms. The van der Waals surface area contributed by atoms with Crippen LogP contribution < -0.4 is 49.1 Å². The Morgan fingerprint density at radius 1 is 0.466 bits per heavy atom. The second-order valence-corrected chi connectivity index (χ2v) is 30.0. The molecule has 32 heteroatoms. The lowest BCUT2D eigenvalue weighted by atomic mass is 10.0. The summed E-state index contributed by atoms with van der Waals surface area (Å²) in [7, 11) is -11.9. The van der Waals surface area contributed by atoms with Crippen LogP contribution in [-0.2, 0) is 30.1 Å². The van der Waals surface area contributed by atoms with Gasteiger partial charge in [-0.1, -0.05) is 110 Å². The van der Waals surface area contributed by atoms with Gasteiger partial charge in [0.05, 0.1) is 21.9 Å². The molecule has 6 N–H and O–H groups in total. The molecule has 0 saturated carbocycles. The van der Waals surface area contributed by atoms with Crippen LogP contribution in [0.3, 0.4) is 0 Å². The lowest BCUT2D eigenvalue weighted by molar-refractivity contribution is -0.385. The average molecular weight is 1580 g/mol. The number of rotatable bonds is 24. The van der Waals surface area contributed by atoms with Gasteiger partial charge in [0.15, 0.2) is 0 Å². The molecular formula is C71H72IN9O19S3. The summed E-state index contributed by atoms with van der Waals surface area (Å²) in [5.74, 6) is 1.15. The Bertz CT molecular complexity index is 4930. The van der Waals surface area contributed by atoms with Crippen LogP contribution >= 0.6 is 22.6 Å². The Balaban J connectivity index is 0.000000216. The number of hydrogen-bond acceptors (Lipinski definition) is 19. The van der Waals surface area contributed by atoms with E-state index in [0.29, 0.717) is 36.0 Å². The number of unbranched alkanes of at least 4 members (excludes halogenated alkanes) is 2. The Morgan fingerprint density at radius 3 is 1.17 bits per heavy atom. The van der Waals surface area contributed by atoms with Crippen LogP contribution in [0.2, 0.25) is 0 Å². The summed E-state index contributed by atoms with van der Waals surface area (Å²) in [6.07, 6.45) is 2.53. The van der Waals surface area contributed by atoms with Crippen LogP contribution in [-0.4, -0.2) is 83.4 Å². The monoisotopic (exact) mass is 1580 g/mol. The highest BCUT2D eigenvalue weighted by Gasteiger charge is 2.30. The van der Waals surface area contributed by atoms with E-state index in [-0.39, 0.29) is 23.3 Å². The van der Waals surface area contributed by atoms with E-state index in [0.717, 1.165) is 91.8 Å². The summed E-state index contributed by atoms with van der Waals surface area (Å²) in [6.45, 7) is 12.7. The summed E-state index contributed by atoms with van der Waals surface area (Å²) in [6, 6.07) is 50.2. The maximum atomic E-state index is 13.0. The number of aryl methyl sites for hydroxylation is 1. The SMILES string of the molecule is CC(C)(C)NC(=O)NS(=O)(=O)c1cc([N+](=O)[O-])ccc1Oc1cccc(-c2ccc(I)cc2)c1.CCCCCNC(=O)NS(=O)(=O)c1cc([N+](=O)[O-])ccc1Oc1cccc(-c2ccc(C)cc2)c1.COc1ccc(-c2cccc(Oc3ccc([N+](=O)[O-])cc3S(=O)(=O)NC(=O)NC(C)C)c2)cc1. The molecule has 0 aromatic heterocycles. The minimum Gasteiger partial charge on any atom is -0.497 e. The number of benzene rings is 9. The minimum atomic E-state index is -4.50. The molecule has 0 aliphatic heterocycles. The van der Waals surface area contributed by atoms with Gasteiger partial charge in [-0.15, -0.1) is 0 Å². The van der Waals surface area contributed by atoms with Crippen molar-refractivity contribution in [2.75, 3.05) is 13.7 Å². The highest BCUT2D eigenvalue weighted by molar-refractivity contribution is 14.1. The van der Waals surface area contributed by atoms with Gasteiger partial charge in [-0.25, -0.2) is 53.8 Å². The highest BCUT2D eigenvalue weighted by Crippen LogP contribution is 2.38. The van der Waals surface area contributed by atoms with E-state index < -0.39 is 100 Å². The number of halogens is 1. The zero-order valence-corrected chi connectivity index (χ0v) is 61.3. The lowest BCUT2D eigenvalue weighted by Crippen LogP contribution is -2.48. The standard InChI is InChI=1S/C25H27N3O6S.C23H22IN3O6S.C23H23N3O7S/c1-3-4-5-15-26-25(29)27-35(32,33)24-17-21(28(30)31)13-14-23(24)34-22-8-6-7-20(16-22)19-11-9-18(2)10-12-19;1-23(2,3)25-22(28)26-34(31,32)21-14-18(27(29)30)11-12-20(21)33-19-6-4-5-16(13-19)15-7-9-17(24)10-8-15;1-15(2)24-23(27)25-34(30,31)22-14-18(26(28)29)9-12-21(22)33-20-6-4-5-17(13-20)16-7-10-19(32-3)11-8-16/h6-14,16-17H,3-5,15H2,1-2H3,(H2,26,27,29);4-14H,1-3H3,(H2,25,26,28);4-15H,1-3H3,(H2,24,25,27). The maximum absolute atomic E-state index is 13.0. The first kappa shape index (κ1) is 79.1. The number of carbonyl (C=O) groups is 3. The minimum absolute atomic E-state index is 0.150. The highest BCUT2D eigenvalue weighted by atomic mass is 127. The third kappa shape index (κ3) is 23.7. The van der Waals surface area contributed by atoms with Gasteiger partial charge in [0.2, 0.25) is 0 Å². The lowest BCUT2D eigenvalue weighted by Gasteiger charge is -2.21. The Hall–Kier alpha value is -11.2. The fourth-order valence-electron chi connectivity index (χ4n) is 9.29. The predicted molar refractivity (Wildman–Crippen MR) is 395 cm³/mol. The van der Waals surface area contributed by atoms with E-state index in [1.54, 1.807) is 108 Å². The number of nitro benzene ring substituents is 3. The predicted octanol–water partition coefficient (Wildman–Crippen LogP) is 15.4. The van der Waals surface area contributed by atoms with E-state index in [1.165, 1.54) is 18.2 Å². The molecule has 0 spiro atoms. The van der Waals surface area contributed by atoms with Crippen molar-refractivity contribution < 1.29 is 73.4 Å². The first-order chi connectivity index (χ1) is 48.6. The Morgan fingerprint density at radius 2 is 0.825 bits per heavy atom. The summed E-state index contributed by atoms with van der Waals surface area (Å²) < 4.78 is 107. The summed E-state index contributed by atoms with van der Waals surface area (Å²) in [4.78, 5) is 66.3. The second-order valence-electron chi connectivity index (χ2n) is 23.8. The number of sulfonamides is 3. The van der Waals surface area contributed by atoms with Crippen LogP contribution in [0.15, 0.2) is 215 Å². The number of nitrogens with one attached hydrogen (secondary N) is 6. The van der Waals surface area contributed by atoms with Gasteiger partial charge in [0.25, 0.3) is 47.1 Å². The molecule has 0 heterocycles. The number of ether oxygens (including phenoxy) is 4. The Labute approximate surface area is 608 Å². The van der Waals surface area contributed by atoms with Crippen molar-refractivity contribution in [2.24, 2.45) is 0 Å². The van der Waals surface area contributed by atoms with Crippen molar-refractivity contribution in [3.8, 4) is 73.6 Å². The van der Waals surface area contributed by atoms with Crippen molar-refractivity contribution >= 4 is 87.8 Å². The summed E-state index contributed by atoms with van der Waals surface area (Å²) >= 11 is 2.21. The van der Waals surface area contributed by atoms with Gasteiger partial charge in [-0.05, 0) is 183 Å². The number of methoxy groups -OCH3 is 1. The summed E-state index contributed by atoms with van der Waals surface area (Å²) in [5, 5.41) is 41.1. The third-order valence-electron chi connectivity index (χ3n) is 14.1. The van der Waals surface area contributed by atoms with Crippen LogP contribution in [0, 0.1) is 40.8 Å². The molecule has 9 rings (SSSR count). The molecule has 0 fully saturated rings. The maximum Gasteiger partial charge on any atom is 0.329 e. The largest absolute Gasteiger partial charge is 0.497 e. The molecule has 28 nitrogen and oxygen atoms in total. The van der Waals surface area contributed by atoms with Crippen molar-refractivity contribution in [1.82, 2.24) is 30.1 Å². The Kier molecular flexibility index (Phi) is 27.2. The normalized spacial score (nSPS) is 11.2. The summed E-state index contributed by atoms with van der Waals surface area (Å²) in [5.41, 5.74) is 4.26. The fraction of sp³-hybridized carbons (Fsp3) is 0.197. The average Bonchev–Trinajstić information content (AvgIpc) is 0.803. The number of carbonyl (C=O) groups excluding carboxylic acids is 3. The number of nitro groups is 3. The fourth-order valence-corrected chi connectivity index (χ4v) is 12.8. The van der Waals surface area contributed by atoms with E-state index >= 15 is 0 Å². The van der Waals surface area contributed by atoms with Crippen molar-refractivity contribution in [1.29, 1.82) is 0 Å². The molecular weight excluding hydrogens is 1510 g/mol. The van der Waals surface area contributed by atoms with Crippen LogP contribution in [0.25, 0.3) is 33.4 Å². The first-order valence-electron chi connectivity index (χ1n) is 31.3. The molecule has 0 aliphatic rings. The number of amides is 6. The molecule has 103 heavy (non-hydrogen) atoms. The first-order valence-corrected chi connectivity index (χ1v) is 36.8. The van der Waals surface area contributed by atoms with Gasteiger partial charge in [0, 0.05) is 58.1 Å². The quantitative estimate of drug-likeness (QED) is 0.0142. The third-order valence-corrected chi connectivity index (χ3v) is 18.9. The van der Waals surface area contributed by atoms with Crippen LogP contribution in [0.4, 0.5) is 31.4 Å². The molecule has 0 unspecified atom stereocenters. The number of hydrogen-bond donors (Lipinski definition) is 6. The van der Waals surface area contributed by atoms with E-state index in [4.69, 9.17) is 18.9 Å². The molecule has 9 aromatic rings. The zero-order chi connectivity index (χ0) is 75.4. The number of non-ortho nitro benzene ring substituents is 3. The second kappa shape index (κ2) is 35.4. The van der Waals surface area contributed by atoms with Gasteiger partial charge in [-0.2, -0.15) is 0 Å². The molecule has 540 valence electrons. The number of urea groups is 3. The molecule has 0 saturated heterocycles. The topological polar surface area (TPSA) is 392 Å². The molecule has 6 amide bonds. The van der Waals surface area contributed by atoms with Crippen molar-refractivity contribution in [2.45, 2.75) is 94.0 Å². The molecule has 0 aliphatic carbocycles. The van der Waals surface area contributed by atoms with E-state index in [9.17, 15) is 70.0 Å². The molecule has 0 atom stereocenters. The van der Waals surface area contributed by atoms with Gasteiger partial charge >= 0.3 is 18.1 Å². The smallest absolute Gasteiger partial charge is 0.329 e. The van der Waals surface area contributed by atoms with Gasteiger partial charge in [-0.3, -0.25) is 30.3 Å². The van der Waals surface area contributed by atoms with E-state index in [2.05, 4.69) is 38.5 Å². The van der Waals surface area contributed by atoms with Crippen LogP contribution in [0.1, 0.15) is 66.4 Å². The van der Waals surface area contributed by atoms with Gasteiger partial charge < -0.3 is 34.9 Å². The number of nitrogens with zero attached hydrogens (tertiary/aromatic N) is 3. The van der Waals surface area contributed by atoms with Crippen LogP contribution in [0.5, 0.6) is 40.2 Å². The van der Waals surface area contributed by atoms with Gasteiger partial charge in [0.1, 0.15) is 54.9 Å². The van der Waals surface area contributed by atoms with Crippen molar-refractivity contribution in [3.05, 3.63) is 240 Å². The molecule has 9 aromatic carbocycles. The zero-order valence-electron chi connectivity index (χ0n) is 56.7.